The van der Waals surface area contributed by atoms with Crippen LogP contribution in [0.4, 0.5) is 0 Å². The first kappa shape index (κ1) is 18.4. The van der Waals surface area contributed by atoms with Crippen LogP contribution in [0.15, 0.2) is 42.9 Å². The van der Waals surface area contributed by atoms with Gasteiger partial charge >= 0.3 is 0 Å². The SMILES string of the molecule is CC(C)(C)n1ccc([C@@H]2[C@@H](c3ccccn3)NC(=S)N2C[C@@H]2CCCO2)c1. The number of ether oxygens (including phenoxy) is 1. The van der Waals surface area contributed by atoms with Crippen molar-refractivity contribution in [2.45, 2.75) is 57.3 Å². The molecule has 0 bridgehead atoms. The van der Waals surface area contributed by atoms with Gasteiger partial charge in [-0.15, -0.1) is 0 Å². The summed E-state index contributed by atoms with van der Waals surface area (Å²) in [6.07, 6.45) is 8.74. The van der Waals surface area contributed by atoms with Crippen LogP contribution in [0.2, 0.25) is 0 Å². The van der Waals surface area contributed by atoms with Crippen LogP contribution >= 0.6 is 12.2 Å². The normalized spacial score (nSPS) is 25.8. The van der Waals surface area contributed by atoms with Crippen LogP contribution in [-0.2, 0) is 10.3 Å². The Bertz CT molecular complexity index is 792. The first-order valence-electron chi connectivity index (χ1n) is 9.71. The Labute approximate surface area is 166 Å². The van der Waals surface area contributed by atoms with Crippen molar-refractivity contribution in [2.75, 3.05) is 13.2 Å². The minimum absolute atomic E-state index is 0.0379. The van der Waals surface area contributed by atoms with Gasteiger partial charge in [-0.25, -0.2) is 0 Å². The van der Waals surface area contributed by atoms with Gasteiger partial charge < -0.3 is 19.5 Å². The summed E-state index contributed by atoms with van der Waals surface area (Å²) in [6, 6.07) is 8.42. The molecule has 0 unspecified atom stereocenters. The third kappa shape index (κ3) is 3.73. The predicted octanol–water partition coefficient (Wildman–Crippen LogP) is 3.79. The number of nitrogens with zero attached hydrogens (tertiary/aromatic N) is 3. The molecule has 2 aromatic heterocycles. The van der Waals surface area contributed by atoms with E-state index in [9.17, 15) is 0 Å². The molecule has 0 spiro atoms. The second kappa shape index (κ2) is 7.24. The van der Waals surface area contributed by atoms with E-state index in [1.807, 2.05) is 18.3 Å². The van der Waals surface area contributed by atoms with E-state index in [0.29, 0.717) is 0 Å². The molecule has 1 N–H and O–H groups in total. The van der Waals surface area contributed by atoms with Crippen LogP contribution in [-0.4, -0.2) is 38.8 Å². The summed E-state index contributed by atoms with van der Waals surface area (Å²) in [7, 11) is 0. The molecule has 2 aliphatic heterocycles. The lowest BCUT2D eigenvalue weighted by Crippen LogP contribution is -2.36. The Morgan fingerprint density at radius 3 is 2.78 bits per heavy atom. The molecule has 27 heavy (non-hydrogen) atoms. The van der Waals surface area contributed by atoms with Crippen LogP contribution in [0.25, 0.3) is 0 Å². The van der Waals surface area contributed by atoms with E-state index in [1.165, 1.54) is 5.56 Å². The minimum Gasteiger partial charge on any atom is -0.376 e. The Balaban J connectivity index is 1.69. The molecular formula is C21H28N4OS. The Morgan fingerprint density at radius 1 is 1.30 bits per heavy atom. The zero-order valence-electron chi connectivity index (χ0n) is 16.3. The third-order valence-electron chi connectivity index (χ3n) is 5.45. The van der Waals surface area contributed by atoms with Crippen LogP contribution in [0.1, 0.15) is 57.0 Å². The molecule has 0 aliphatic carbocycles. The van der Waals surface area contributed by atoms with Gasteiger partial charge in [0.15, 0.2) is 5.11 Å². The molecule has 0 radical (unpaired) electrons. The van der Waals surface area contributed by atoms with Gasteiger partial charge in [-0.1, -0.05) is 6.07 Å². The fraction of sp³-hybridized carbons (Fsp3) is 0.524. The fourth-order valence-corrected chi connectivity index (χ4v) is 4.29. The quantitative estimate of drug-likeness (QED) is 0.813. The van der Waals surface area contributed by atoms with E-state index >= 15 is 0 Å². The highest BCUT2D eigenvalue weighted by Gasteiger charge is 2.41. The number of pyridine rings is 1. The second-order valence-corrected chi connectivity index (χ2v) is 8.82. The highest BCUT2D eigenvalue weighted by molar-refractivity contribution is 7.80. The van der Waals surface area contributed by atoms with Gasteiger partial charge in [-0.2, -0.15) is 0 Å². The van der Waals surface area contributed by atoms with Gasteiger partial charge in [-0.05, 0) is 69.6 Å². The average Bonchev–Trinajstić information content (AvgIpc) is 3.37. The van der Waals surface area contributed by atoms with Crippen molar-refractivity contribution in [1.82, 2.24) is 19.8 Å². The molecule has 0 saturated carbocycles. The maximum absolute atomic E-state index is 5.90. The molecule has 5 nitrogen and oxygen atoms in total. The van der Waals surface area contributed by atoms with Crippen LogP contribution < -0.4 is 5.32 Å². The third-order valence-corrected chi connectivity index (χ3v) is 5.81. The van der Waals surface area contributed by atoms with E-state index in [-0.39, 0.29) is 23.7 Å². The topological polar surface area (TPSA) is 42.3 Å². The van der Waals surface area contributed by atoms with E-state index in [4.69, 9.17) is 17.0 Å². The number of thiocarbonyl (C=S) groups is 1. The number of nitrogens with one attached hydrogen (secondary N) is 1. The van der Waals surface area contributed by atoms with Crippen molar-refractivity contribution in [3.8, 4) is 0 Å². The van der Waals surface area contributed by atoms with Gasteiger partial charge in [0.2, 0.25) is 0 Å². The van der Waals surface area contributed by atoms with E-state index in [1.54, 1.807) is 0 Å². The van der Waals surface area contributed by atoms with Gasteiger partial charge in [0.05, 0.1) is 23.9 Å². The lowest BCUT2D eigenvalue weighted by atomic mass is 9.98. The summed E-state index contributed by atoms with van der Waals surface area (Å²) in [5.74, 6) is 0. The largest absolute Gasteiger partial charge is 0.376 e. The molecule has 2 aromatic rings. The maximum Gasteiger partial charge on any atom is 0.170 e. The fourth-order valence-electron chi connectivity index (χ4n) is 3.98. The van der Waals surface area contributed by atoms with Crippen LogP contribution in [0, 0.1) is 0 Å². The van der Waals surface area contributed by atoms with Crippen molar-refractivity contribution in [2.24, 2.45) is 0 Å². The second-order valence-electron chi connectivity index (χ2n) is 8.44. The zero-order chi connectivity index (χ0) is 19.0. The molecule has 2 fully saturated rings. The van der Waals surface area contributed by atoms with Gasteiger partial charge in [0.25, 0.3) is 0 Å². The monoisotopic (exact) mass is 384 g/mol. The molecule has 0 aromatic carbocycles. The number of aromatic nitrogens is 2. The summed E-state index contributed by atoms with van der Waals surface area (Å²) >= 11 is 5.73. The molecule has 0 amide bonds. The first-order valence-corrected chi connectivity index (χ1v) is 10.1. The standard InChI is InChI=1S/C21H28N4OS/c1-21(2,3)24-11-9-15(13-24)19-18(17-8-4-5-10-22-17)23-20(27)25(19)14-16-7-6-12-26-16/h4-5,8-11,13,16,18-19H,6-7,12,14H2,1-3H3,(H,23,27)/t16-,18+,19+/m0/s1. The first-order chi connectivity index (χ1) is 12.9. The predicted molar refractivity (Wildman–Crippen MR) is 111 cm³/mol. The molecule has 6 heteroatoms. The zero-order valence-corrected chi connectivity index (χ0v) is 17.1. The molecule has 3 atom stereocenters. The Morgan fingerprint density at radius 2 is 2.15 bits per heavy atom. The maximum atomic E-state index is 5.90. The highest BCUT2D eigenvalue weighted by Crippen LogP contribution is 2.39. The van der Waals surface area contributed by atoms with E-state index in [2.05, 4.69) is 65.1 Å². The summed E-state index contributed by atoms with van der Waals surface area (Å²) in [5, 5.41) is 4.31. The van der Waals surface area contributed by atoms with Crippen LogP contribution in [0.3, 0.4) is 0 Å². The average molecular weight is 385 g/mol. The molecular weight excluding hydrogens is 356 g/mol. The molecule has 144 valence electrons. The van der Waals surface area contributed by atoms with Gasteiger partial charge in [0.1, 0.15) is 0 Å². The van der Waals surface area contributed by atoms with Crippen molar-refractivity contribution in [1.29, 1.82) is 0 Å². The van der Waals surface area contributed by atoms with Gasteiger partial charge in [0, 0.05) is 37.3 Å². The van der Waals surface area contributed by atoms with Crippen molar-refractivity contribution < 1.29 is 4.74 Å². The lowest BCUT2D eigenvalue weighted by Gasteiger charge is -2.29. The smallest absolute Gasteiger partial charge is 0.170 e. The highest BCUT2D eigenvalue weighted by atomic mass is 32.1. The van der Waals surface area contributed by atoms with Crippen LogP contribution in [0.5, 0.6) is 0 Å². The number of hydrogen-bond acceptors (Lipinski definition) is 3. The minimum atomic E-state index is 0.0379. The van der Waals surface area contributed by atoms with Crippen molar-refractivity contribution >= 4 is 17.3 Å². The number of hydrogen-bond donors (Lipinski definition) is 1. The van der Waals surface area contributed by atoms with Crippen molar-refractivity contribution in [3.63, 3.8) is 0 Å². The summed E-state index contributed by atoms with van der Waals surface area (Å²) in [5.41, 5.74) is 2.32. The van der Waals surface area contributed by atoms with E-state index in [0.717, 1.165) is 36.8 Å². The molecule has 4 heterocycles. The van der Waals surface area contributed by atoms with Crippen molar-refractivity contribution in [3.05, 3.63) is 54.1 Å². The van der Waals surface area contributed by atoms with E-state index < -0.39 is 0 Å². The summed E-state index contributed by atoms with van der Waals surface area (Å²) < 4.78 is 8.17. The summed E-state index contributed by atoms with van der Waals surface area (Å²) in [6.45, 7) is 8.33. The Hall–Kier alpha value is -1.92. The molecule has 2 saturated heterocycles. The number of rotatable bonds is 4. The summed E-state index contributed by atoms with van der Waals surface area (Å²) in [4.78, 5) is 6.90. The Kier molecular flexibility index (Phi) is 4.95. The molecule has 4 rings (SSSR count). The van der Waals surface area contributed by atoms with Gasteiger partial charge in [-0.3, -0.25) is 4.98 Å². The molecule has 2 aliphatic rings. The lowest BCUT2D eigenvalue weighted by molar-refractivity contribution is 0.0842.